The summed E-state index contributed by atoms with van der Waals surface area (Å²) in [7, 11) is 1.64. The van der Waals surface area contributed by atoms with Gasteiger partial charge in [-0.25, -0.2) is 0 Å². The van der Waals surface area contributed by atoms with Crippen LogP contribution in [0.4, 0.5) is 5.69 Å². The third-order valence-corrected chi connectivity index (χ3v) is 5.01. The van der Waals surface area contributed by atoms with E-state index >= 15 is 0 Å². The second-order valence-electron chi connectivity index (χ2n) is 6.30. The van der Waals surface area contributed by atoms with Gasteiger partial charge in [-0.3, -0.25) is 4.79 Å². The monoisotopic (exact) mass is 363 g/mol. The number of carbonyl (C=O) groups is 1. The fourth-order valence-corrected chi connectivity index (χ4v) is 3.68. The molecule has 3 aromatic carbocycles. The lowest BCUT2D eigenvalue weighted by Crippen LogP contribution is -2.31. The van der Waals surface area contributed by atoms with Crippen molar-refractivity contribution in [2.75, 3.05) is 12.0 Å². The first-order valence-electron chi connectivity index (χ1n) is 8.47. The third-order valence-electron chi connectivity index (χ3n) is 4.71. The van der Waals surface area contributed by atoms with Crippen molar-refractivity contribution in [1.29, 1.82) is 0 Å². The van der Waals surface area contributed by atoms with Crippen molar-refractivity contribution in [2.24, 2.45) is 0 Å². The Morgan fingerprint density at radius 2 is 1.69 bits per heavy atom. The Kier molecular flexibility index (Phi) is 4.39. The molecule has 0 saturated heterocycles. The summed E-state index contributed by atoms with van der Waals surface area (Å²) in [4.78, 5) is 14.9. The van der Waals surface area contributed by atoms with Gasteiger partial charge in [0.05, 0.1) is 30.8 Å². The molecule has 3 aromatic rings. The zero-order chi connectivity index (χ0) is 18.1. The number of anilines is 1. The largest absolute Gasteiger partial charge is 0.497 e. The van der Waals surface area contributed by atoms with E-state index in [4.69, 9.17) is 16.3 Å². The molecule has 130 valence electrons. The molecule has 0 fully saturated rings. The lowest BCUT2D eigenvalue weighted by atomic mass is 9.98. The number of rotatable bonds is 3. The molecule has 0 bridgehead atoms. The van der Waals surface area contributed by atoms with E-state index in [9.17, 15) is 4.79 Å². The van der Waals surface area contributed by atoms with E-state index in [0.29, 0.717) is 18.0 Å². The van der Waals surface area contributed by atoms with Crippen LogP contribution in [0.5, 0.6) is 5.75 Å². The highest BCUT2D eigenvalue weighted by atomic mass is 35.5. The van der Waals surface area contributed by atoms with Crippen LogP contribution in [0.3, 0.4) is 0 Å². The zero-order valence-corrected chi connectivity index (χ0v) is 15.2. The van der Waals surface area contributed by atoms with Crippen molar-refractivity contribution < 1.29 is 9.53 Å². The van der Waals surface area contributed by atoms with E-state index in [1.807, 2.05) is 60.7 Å². The van der Waals surface area contributed by atoms with Crippen LogP contribution in [0, 0.1) is 0 Å². The highest BCUT2D eigenvalue weighted by molar-refractivity contribution is 6.35. The number of hydrogen-bond donors (Lipinski definition) is 0. The van der Waals surface area contributed by atoms with Gasteiger partial charge in [0.25, 0.3) is 0 Å². The maximum absolute atomic E-state index is 13.1. The van der Waals surface area contributed by atoms with Gasteiger partial charge in [0.15, 0.2) is 0 Å². The summed E-state index contributed by atoms with van der Waals surface area (Å²) < 4.78 is 5.22. The average molecular weight is 364 g/mol. The number of nitrogens with zero attached hydrogens (tertiary/aromatic N) is 1. The van der Waals surface area contributed by atoms with Crippen molar-refractivity contribution in [1.82, 2.24) is 0 Å². The molecule has 0 unspecified atom stereocenters. The number of carbonyl (C=O) groups excluding carboxylic acids is 1. The summed E-state index contributed by atoms with van der Waals surface area (Å²) in [6, 6.07) is 21.6. The van der Waals surface area contributed by atoms with E-state index in [1.165, 1.54) is 0 Å². The molecule has 4 heteroatoms. The first-order valence-corrected chi connectivity index (χ1v) is 8.85. The van der Waals surface area contributed by atoms with Crippen LogP contribution in [0.2, 0.25) is 5.02 Å². The fourth-order valence-electron chi connectivity index (χ4n) is 3.41. The van der Waals surface area contributed by atoms with Crippen LogP contribution >= 0.6 is 11.6 Å². The molecule has 0 N–H and O–H groups in total. The van der Waals surface area contributed by atoms with E-state index in [0.717, 1.165) is 33.7 Å². The zero-order valence-electron chi connectivity index (χ0n) is 14.4. The summed E-state index contributed by atoms with van der Waals surface area (Å²) >= 11 is 6.54. The van der Waals surface area contributed by atoms with Gasteiger partial charge in [-0.15, -0.1) is 0 Å². The minimum Gasteiger partial charge on any atom is -0.497 e. The Balaban J connectivity index is 1.81. The second kappa shape index (κ2) is 6.85. The van der Waals surface area contributed by atoms with Crippen LogP contribution in [0.25, 0.3) is 11.1 Å². The summed E-state index contributed by atoms with van der Waals surface area (Å²) in [5, 5.41) is 0.584. The number of benzene rings is 3. The molecule has 0 aliphatic carbocycles. The molecule has 26 heavy (non-hydrogen) atoms. The Morgan fingerprint density at radius 3 is 2.46 bits per heavy atom. The first-order chi connectivity index (χ1) is 12.7. The third kappa shape index (κ3) is 2.95. The second-order valence-corrected chi connectivity index (χ2v) is 6.71. The van der Waals surface area contributed by atoms with E-state index in [2.05, 4.69) is 6.07 Å². The number of amides is 1. The predicted octanol–water partition coefficient (Wildman–Crippen LogP) is 5.10. The van der Waals surface area contributed by atoms with Crippen molar-refractivity contribution in [3.8, 4) is 16.9 Å². The van der Waals surface area contributed by atoms with Gasteiger partial charge in [0, 0.05) is 5.56 Å². The highest BCUT2D eigenvalue weighted by Crippen LogP contribution is 2.41. The van der Waals surface area contributed by atoms with E-state index in [-0.39, 0.29) is 5.91 Å². The summed E-state index contributed by atoms with van der Waals surface area (Å²) in [5.74, 6) is 0.835. The first kappa shape index (κ1) is 16.7. The Morgan fingerprint density at radius 1 is 0.962 bits per heavy atom. The molecule has 0 spiro atoms. The molecule has 4 rings (SSSR count). The molecule has 3 nitrogen and oxygen atoms in total. The van der Waals surface area contributed by atoms with Crippen molar-refractivity contribution >= 4 is 23.2 Å². The molecule has 1 aliphatic rings. The molecule has 0 radical (unpaired) electrons. The molecule has 1 amide bonds. The van der Waals surface area contributed by atoms with Crippen LogP contribution in [-0.4, -0.2) is 13.0 Å². The minimum atomic E-state index is 0.0418. The van der Waals surface area contributed by atoms with Gasteiger partial charge in [-0.1, -0.05) is 60.1 Å². The van der Waals surface area contributed by atoms with Crippen molar-refractivity contribution in [3.63, 3.8) is 0 Å². The van der Waals surface area contributed by atoms with Crippen molar-refractivity contribution in [2.45, 2.75) is 13.0 Å². The van der Waals surface area contributed by atoms with Crippen LogP contribution in [-0.2, 0) is 17.8 Å². The predicted molar refractivity (Wildman–Crippen MR) is 105 cm³/mol. The van der Waals surface area contributed by atoms with Crippen LogP contribution in [0.1, 0.15) is 11.1 Å². The van der Waals surface area contributed by atoms with Gasteiger partial charge < -0.3 is 9.64 Å². The summed E-state index contributed by atoms with van der Waals surface area (Å²) in [5.41, 5.74) is 4.89. The van der Waals surface area contributed by atoms with Crippen LogP contribution < -0.4 is 9.64 Å². The topological polar surface area (TPSA) is 29.5 Å². The van der Waals surface area contributed by atoms with E-state index < -0.39 is 0 Å². The quantitative estimate of drug-likeness (QED) is 0.647. The van der Waals surface area contributed by atoms with E-state index in [1.54, 1.807) is 12.0 Å². The maximum Gasteiger partial charge on any atom is 0.231 e. The van der Waals surface area contributed by atoms with Gasteiger partial charge in [0.1, 0.15) is 5.75 Å². The summed E-state index contributed by atoms with van der Waals surface area (Å²) in [6.07, 6.45) is 0.358. The Hall–Kier alpha value is -2.78. The minimum absolute atomic E-state index is 0.0418. The van der Waals surface area contributed by atoms with Gasteiger partial charge in [-0.2, -0.15) is 0 Å². The number of hydrogen-bond acceptors (Lipinski definition) is 2. The molecule has 0 saturated carbocycles. The molecule has 1 heterocycles. The van der Waals surface area contributed by atoms with Crippen molar-refractivity contribution in [3.05, 3.63) is 82.9 Å². The number of para-hydroxylation sites is 1. The maximum atomic E-state index is 13.1. The Labute approximate surface area is 157 Å². The SMILES string of the molecule is COc1ccc(CN2C(=O)Cc3ccccc3-c3cccc(Cl)c32)cc1. The average Bonchev–Trinajstić information content (AvgIpc) is 2.78. The number of methoxy groups -OCH3 is 1. The lowest BCUT2D eigenvalue weighted by molar-refractivity contribution is -0.118. The summed E-state index contributed by atoms with van der Waals surface area (Å²) in [6.45, 7) is 0.466. The van der Waals surface area contributed by atoms with Gasteiger partial charge in [0.2, 0.25) is 5.91 Å². The van der Waals surface area contributed by atoms with Gasteiger partial charge >= 0.3 is 0 Å². The standard InChI is InChI=1S/C22H18ClNO2/c1-26-17-11-9-15(10-12-17)14-24-21(25)13-16-5-2-3-6-18(16)19-7-4-8-20(23)22(19)24/h2-12H,13-14H2,1H3. The Bertz CT molecular complexity index is 966. The fraction of sp³-hybridized carbons (Fsp3) is 0.136. The lowest BCUT2D eigenvalue weighted by Gasteiger charge is -2.24. The molecular formula is C22H18ClNO2. The molecular weight excluding hydrogens is 346 g/mol. The molecule has 0 aromatic heterocycles. The highest BCUT2D eigenvalue weighted by Gasteiger charge is 2.27. The number of fused-ring (bicyclic) bond motifs is 3. The van der Waals surface area contributed by atoms with Crippen LogP contribution in [0.15, 0.2) is 66.7 Å². The molecule has 0 atom stereocenters. The molecule has 1 aliphatic heterocycles. The smallest absolute Gasteiger partial charge is 0.231 e. The van der Waals surface area contributed by atoms with Gasteiger partial charge in [-0.05, 0) is 34.9 Å². The number of halogens is 1. The normalized spacial score (nSPS) is 13.0. The number of ether oxygens (including phenoxy) is 1.